The molecule has 9 nitrogen and oxygen atoms in total. The van der Waals surface area contributed by atoms with Crippen molar-refractivity contribution < 1.29 is 19.0 Å². The van der Waals surface area contributed by atoms with Gasteiger partial charge in [0.25, 0.3) is 0 Å². The molecule has 2 aromatic heterocycles. The Morgan fingerprint density at radius 1 is 1.19 bits per heavy atom. The number of rotatable bonds is 4. The average molecular weight is 462 g/mol. The Kier molecular flexibility index (Phi) is 6.28. The molecule has 1 atom stereocenters. The summed E-state index contributed by atoms with van der Waals surface area (Å²) in [5, 5.41) is 0.463. The van der Waals surface area contributed by atoms with Crippen molar-refractivity contribution in [3.8, 4) is 11.8 Å². The van der Waals surface area contributed by atoms with Gasteiger partial charge in [0, 0.05) is 25.9 Å². The summed E-state index contributed by atoms with van der Waals surface area (Å²) in [7, 11) is 1.54. The number of hydrogen-bond donors (Lipinski definition) is 0. The zero-order valence-electron chi connectivity index (χ0n) is 18.8. The maximum atomic E-state index is 12.4. The monoisotopic (exact) mass is 461 g/mol. The number of methoxy groups -OCH3 is 1. The zero-order chi connectivity index (χ0) is 22.9. The van der Waals surface area contributed by atoms with Crippen LogP contribution in [0.2, 0.25) is 5.02 Å². The maximum absolute atomic E-state index is 12.4. The van der Waals surface area contributed by atoms with Crippen LogP contribution >= 0.6 is 11.6 Å². The third-order valence-electron chi connectivity index (χ3n) is 5.39. The van der Waals surface area contributed by atoms with Gasteiger partial charge < -0.3 is 24.0 Å². The summed E-state index contributed by atoms with van der Waals surface area (Å²) in [5.41, 5.74) is 2.29. The topological polar surface area (TPSA) is 89.9 Å². The fourth-order valence-corrected chi connectivity index (χ4v) is 4.09. The third-order valence-corrected chi connectivity index (χ3v) is 5.66. The molecule has 32 heavy (non-hydrogen) atoms. The van der Waals surface area contributed by atoms with Crippen LogP contribution in [0.1, 0.15) is 38.4 Å². The lowest BCUT2D eigenvalue weighted by Gasteiger charge is -2.31. The summed E-state index contributed by atoms with van der Waals surface area (Å²) < 4.78 is 16.9. The molecule has 0 unspecified atom stereocenters. The first-order valence-electron chi connectivity index (χ1n) is 10.7. The summed E-state index contributed by atoms with van der Waals surface area (Å²) in [6, 6.07) is 1.85. The Morgan fingerprint density at radius 3 is 2.72 bits per heavy atom. The second kappa shape index (κ2) is 8.97. The predicted octanol–water partition coefficient (Wildman–Crippen LogP) is 3.48. The molecule has 0 aliphatic carbocycles. The van der Waals surface area contributed by atoms with E-state index < -0.39 is 5.60 Å². The number of halogens is 1. The van der Waals surface area contributed by atoms with Crippen LogP contribution in [0, 0.1) is 0 Å². The highest BCUT2D eigenvalue weighted by molar-refractivity contribution is 6.32. The number of carbonyl (C=O) groups is 1. The average Bonchev–Trinajstić information content (AvgIpc) is 3.21. The molecule has 0 bridgehead atoms. The van der Waals surface area contributed by atoms with Gasteiger partial charge in [-0.1, -0.05) is 11.6 Å². The molecule has 172 valence electrons. The summed E-state index contributed by atoms with van der Waals surface area (Å²) in [5.74, 6) is 0.958. The molecule has 2 aromatic rings. The van der Waals surface area contributed by atoms with Crippen molar-refractivity contribution in [3.05, 3.63) is 34.9 Å². The van der Waals surface area contributed by atoms with E-state index >= 15 is 0 Å². The highest BCUT2D eigenvalue weighted by Crippen LogP contribution is 2.32. The molecule has 0 aromatic carbocycles. The van der Waals surface area contributed by atoms with E-state index in [-0.39, 0.29) is 12.2 Å². The largest absolute Gasteiger partial charge is 0.480 e. The van der Waals surface area contributed by atoms with Gasteiger partial charge in [0.05, 0.1) is 43.3 Å². The normalized spacial score (nSPS) is 18.3. The van der Waals surface area contributed by atoms with E-state index in [1.165, 1.54) is 6.33 Å². The highest BCUT2D eigenvalue weighted by atomic mass is 35.5. The van der Waals surface area contributed by atoms with Crippen LogP contribution in [0.4, 0.5) is 10.5 Å². The van der Waals surface area contributed by atoms with E-state index in [1.54, 1.807) is 18.2 Å². The Hall–Kier alpha value is -2.81. The van der Waals surface area contributed by atoms with Gasteiger partial charge in [-0.2, -0.15) is 0 Å². The first kappa shape index (κ1) is 22.4. The van der Waals surface area contributed by atoms with Gasteiger partial charge in [-0.25, -0.2) is 19.7 Å². The molecular formula is C22H28ClN5O4. The van der Waals surface area contributed by atoms with Crippen LogP contribution in [-0.4, -0.2) is 64.4 Å². The first-order valence-corrected chi connectivity index (χ1v) is 11.0. The Labute approximate surface area is 192 Å². The summed E-state index contributed by atoms with van der Waals surface area (Å²) in [4.78, 5) is 29.3. The maximum Gasteiger partial charge on any atom is 0.410 e. The smallest absolute Gasteiger partial charge is 0.410 e. The molecule has 1 fully saturated rings. The van der Waals surface area contributed by atoms with Gasteiger partial charge in [-0.3, -0.25) is 0 Å². The van der Waals surface area contributed by atoms with E-state index in [9.17, 15) is 4.79 Å². The number of hydrogen-bond acceptors (Lipinski definition) is 8. The molecule has 0 saturated carbocycles. The molecule has 4 heterocycles. The molecule has 1 saturated heterocycles. The van der Waals surface area contributed by atoms with Crippen molar-refractivity contribution in [2.45, 2.75) is 51.9 Å². The molecule has 0 N–H and O–H groups in total. The molecule has 0 spiro atoms. The minimum absolute atomic E-state index is 0.144. The van der Waals surface area contributed by atoms with Crippen LogP contribution < -0.4 is 14.4 Å². The summed E-state index contributed by atoms with van der Waals surface area (Å²) >= 11 is 6.27. The number of aromatic nitrogens is 3. The standard InChI is InChI=1S/C22H28ClN5O4/c1-22(2,3)32-21(29)28-7-5-15(11-28)31-19-16-12-27(8-6-18(16)25-13-26-19)14-9-17(23)20(30-4)24-10-14/h9-10,13,15H,5-8,11-12H2,1-4H3/t15-/m0/s1. The van der Waals surface area contributed by atoms with E-state index in [2.05, 4.69) is 19.9 Å². The highest BCUT2D eigenvalue weighted by Gasteiger charge is 2.32. The number of amides is 1. The first-order chi connectivity index (χ1) is 15.2. The molecule has 0 radical (unpaired) electrons. The molecule has 4 rings (SSSR count). The van der Waals surface area contributed by atoms with Crippen molar-refractivity contribution in [2.75, 3.05) is 31.6 Å². The fraction of sp³-hybridized carbons (Fsp3) is 0.545. The number of nitrogens with zero attached hydrogens (tertiary/aromatic N) is 5. The Balaban J connectivity index is 1.46. The lowest BCUT2D eigenvalue weighted by molar-refractivity contribution is 0.0274. The summed E-state index contributed by atoms with van der Waals surface area (Å²) in [6.45, 7) is 8.00. The van der Waals surface area contributed by atoms with Crippen molar-refractivity contribution in [1.29, 1.82) is 0 Å². The number of carbonyl (C=O) groups excluding carboxylic acids is 1. The molecule has 2 aliphatic rings. The number of likely N-dealkylation sites (tertiary alicyclic amines) is 1. The second-order valence-corrected chi connectivity index (χ2v) is 9.32. The Bertz CT molecular complexity index is 997. The number of ether oxygens (including phenoxy) is 3. The van der Waals surface area contributed by atoms with Gasteiger partial charge in [0.15, 0.2) is 0 Å². The third kappa shape index (κ3) is 4.98. The lowest BCUT2D eigenvalue weighted by Crippen LogP contribution is -2.36. The second-order valence-electron chi connectivity index (χ2n) is 8.92. The van der Waals surface area contributed by atoms with Crippen LogP contribution in [0.25, 0.3) is 0 Å². The predicted molar refractivity (Wildman–Crippen MR) is 119 cm³/mol. The van der Waals surface area contributed by atoms with Crippen molar-refractivity contribution in [2.24, 2.45) is 0 Å². The van der Waals surface area contributed by atoms with E-state index in [1.807, 2.05) is 26.8 Å². The minimum Gasteiger partial charge on any atom is -0.480 e. The van der Waals surface area contributed by atoms with E-state index in [0.29, 0.717) is 36.4 Å². The van der Waals surface area contributed by atoms with E-state index in [0.717, 1.165) is 36.3 Å². The molecule has 1 amide bonds. The van der Waals surface area contributed by atoms with Gasteiger partial charge in [-0.05, 0) is 26.8 Å². The number of pyridine rings is 1. The van der Waals surface area contributed by atoms with Crippen LogP contribution in [0.15, 0.2) is 18.6 Å². The molecule has 10 heteroatoms. The van der Waals surface area contributed by atoms with E-state index in [4.69, 9.17) is 25.8 Å². The minimum atomic E-state index is -0.523. The van der Waals surface area contributed by atoms with Gasteiger partial charge >= 0.3 is 6.09 Å². The SMILES string of the molecule is COc1ncc(N2CCc3ncnc(O[C@H]4CCN(C(=O)OC(C)(C)C)C4)c3C2)cc1Cl. The zero-order valence-corrected chi connectivity index (χ0v) is 19.6. The summed E-state index contributed by atoms with van der Waals surface area (Å²) in [6.07, 6.45) is 4.30. The molecule has 2 aliphatic heterocycles. The van der Waals surface area contributed by atoms with Crippen molar-refractivity contribution in [1.82, 2.24) is 19.9 Å². The molecular weight excluding hydrogens is 434 g/mol. The fourth-order valence-electron chi connectivity index (χ4n) is 3.85. The van der Waals surface area contributed by atoms with Crippen LogP contribution in [0.5, 0.6) is 11.8 Å². The van der Waals surface area contributed by atoms with Gasteiger partial charge in [-0.15, -0.1) is 0 Å². The number of anilines is 1. The lowest BCUT2D eigenvalue weighted by atomic mass is 10.1. The van der Waals surface area contributed by atoms with Gasteiger partial charge in [0.1, 0.15) is 23.1 Å². The van der Waals surface area contributed by atoms with Crippen molar-refractivity contribution >= 4 is 23.4 Å². The quantitative estimate of drug-likeness (QED) is 0.683. The van der Waals surface area contributed by atoms with Gasteiger partial charge in [0.2, 0.25) is 11.8 Å². The van der Waals surface area contributed by atoms with Crippen molar-refractivity contribution in [3.63, 3.8) is 0 Å². The van der Waals surface area contributed by atoms with Crippen LogP contribution in [0.3, 0.4) is 0 Å². The van der Waals surface area contributed by atoms with Crippen LogP contribution in [-0.2, 0) is 17.7 Å². The Morgan fingerprint density at radius 2 is 2.00 bits per heavy atom. The number of fused-ring (bicyclic) bond motifs is 1.